The molecule has 2 heterocycles. The molecule has 5 nitrogen and oxygen atoms in total. The topological polar surface area (TPSA) is 59.9 Å². The van der Waals surface area contributed by atoms with Gasteiger partial charge in [-0.2, -0.15) is 4.68 Å². The summed E-state index contributed by atoms with van der Waals surface area (Å²) >= 11 is 1.32. The summed E-state index contributed by atoms with van der Waals surface area (Å²) in [5, 5.41) is 6.25. The van der Waals surface area contributed by atoms with Crippen LogP contribution in [-0.4, -0.2) is 21.9 Å². The Labute approximate surface area is 163 Å². The van der Waals surface area contributed by atoms with E-state index in [-0.39, 0.29) is 11.4 Å². The van der Waals surface area contributed by atoms with Crippen LogP contribution in [0.4, 0.5) is 4.39 Å². The van der Waals surface area contributed by atoms with Crippen LogP contribution in [0, 0.1) is 5.82 Å². The molecule has 7 heteroatoms. The molecule has 140 valence electrons. The minimum absolute atomic E-state index is 0.235. The second-order valence-corrected chi connectivity index (χ2v) is 6.92. The second kappa shape index (κ2) is 7.28. The molecule has 0 aliphatic carbocycles. The van der Waals surface area contributed by atoms with Gasteiger partial charge in [-0.15, -0.1) is 11.3 Å². The Morgan fingerprint density at radius 3 is 2.57 bits per heavy atom. The SMILES string of the molecule is C=c1[nH]n(-c2nc(-c3ccc(F)cc3)cs2)c(=O)/c1=C/c1ccc(OC)cc1. The van der Waals surface area contributed by atoms with Crippen molar-refractivity contribution in [2.24, 2.45) is 0 Å². The van der Waals surface area contributed by atoms with E-state index >= 15 is 0 Å². The van der Waals surface area contributed by atoms with Crippen molar-refractivity contribution in [1.29, 1.82) is 0 Å². The lowest BCUT2D eigenvalue weighted by Crippen LogP contribution is -2.33. The number of ether oxygens (including phenoxy) is 1. The number of thiazole rings is 1. The fraction of sp³-hybridized carbons (Fsp3) is 0.0476. The summed E-state index contributed by atoms with van der Waals surface area (Å²) in [4.78, 5) is 17.4. The number of aromatic nitrogens is 3. The number of hydrogen-bond acceptors (Lipinski definition) is 4. The van der Waals surface area contributed by atoms with Crippen molar-refractivity contribution in [2.75, 3.05) is 7.11 Å². The van der Waals surface area contributed by atoms with Crippen LogP contribution >= 0.6 is 11.3 Å². The number of nitrogens with one attached hydrogen (secondary N) is 1. The number of methoxy groups -OCH3 is 1. The molecule has 2 aromatic carbocycles. The molecule has 0 atom stereocenters. The van der Waals surface area contributed by atoms with E-state index in [0.717, 1.165) is 16.9 Å². The fourth-order valence-corrected chi connectivity index (χ4v) is 3.56. The molecule has 0 saturated carbocycles. The first-order valence-electron chi connectivity index (χ1n) is 8.43. The Morgan fingerprint density at radius 1 is 1.18 bits per heavy atom. The normalized spacial score (nSPS) is 11.7. The number of halogens is 1. The van der Waals surface area contributed by atoms with Crippen molar-refractivity contribution >= 4 is 24.0 Å². The molecule has 0 bridgehead atoms. The van der Waals surface area contributed by atoms with Crippen LogP contribution in [0.2, 0.25) is 0 Å². The average Bonchev–Trinajstić information content (AvgIpc) is 3.30. The van der Waals surface area contributed by atoms with Crippen molar-refractivity contribution in [3.8, 4) is 22.1 Å². The van der Waals surface area contributed by atoms with Crippen molar-refractivity contribution in [2.45, 2.75) is 0 Å². The van der Waals surface area contributed by atoms with E-state index in [0.29, 0.717) is 21.4 Å². The summed E-state index contributed by atoms with van der Waals surface area (Å²) in [6, 6.07) is 13.5. The van der Waals surface area contributed by atoms with Gasteiger partial charge in [0.15, 0.2) is 0 Å². The zero-order valence-electron chi connectivity index (χ0n) is 15.0. The van der Waals surface area contributed by atoms with E-state index in [1.54, 1.807) is 25.3 Å². The zero-order chi connectivity index (χ0) is 19.7. The molecular weight excluding hydrogens is 377 g/mol. The van der Waals surface area contributed by atoms with E-state index in [9.17, 15) is 9.18 Å². The first kappa shape index (κ1) is 17.9. The highest BCUT2D eigenvalue weighted by atomic mass is 32.1. The van der Waals surface area contributed by atoms with Crippen molar-refractivity contribution in [3.63, 3.8) is 0 Å². The number of nitrogens with zero attached hydrogens (tertiary/aromatic N) is 2. The number of hydrogen-bond donors (Lipinski definition) is 1. The molecule has 0 spiro atoms. The van der Waals surface area contributed by atoms with Crippen molar-refractivity contribution < 1.29 is 9.13 Å². The van der Waals surface area contributed by atoms with Gasteiger partial charge in [-0.3, -0.25) is 9.89 Å². The monoisotopic (exact) mass is 393 g/mol. The van der Waals surface area contributed by atoms with Crippen LogP contribution in [0.1, 0.15) is 5.56 Å². The van der Waals surface area contributed by atoms with Gasteiger partial charge in [-0.05, 0) is 48.0 Å². The maximum atomic E-state index is 13.1. The average molecular weight is 393 g/mol. The number of aromatic amines is 1. The highest BCUT2D eigenvalue weighted by Crippen LogP contribution is 2.23. The van der Waals surface area contributed by atoms with Gasteiger partial charge in [0.25, 0.3) is 5.56 Å². The Hall–Kier alpha value is -3.45. The number of H-pyrrole nitrogens is 1. The highest BCUT2D eigenvalue weighted by molar-refractivity contribution is 7.12. The standard InChI is InChI=1S/C21H16FN3O2S/c1-13-18(11-14-3-9-17(27-2)10-4-14)20(26)25(24-13)21-23-19(12-28-21)15-5-7-16(22)8-6-15/h3-12,24H,1H2,2H3/b18-11+. The number of benzene rings is 2. The molecule has 1 N–H and O–H groups in total. The van der Waals surface area contributed by atoms with Crippen molar-refractivity contribution in [3.05, 3.63) is 86.2 Å². The Balaban J connectivity index is 1.73. The van der Waals surface area contributed by atoms with Gasteiger partial charge < -0.3 is 4.74 Å². The summed E-state index contributed by atoms with van der Waals surface area (Å²) in [6.45, 7) is 3.93. The molecule has 0 saturated heterocycles. The summed E-state index contributed by atoms with van der Waals surface area (Å²) < 4.78 is 19.6. The predicted octanol–water partition coefficient (Wildman–Crippen LogP) is 2.68. The van der Waals surface area contributed by atoms with E-state index in [1.165, 1.54) is 28.2 Å². The maximum Gasteiger partial charge on any atom is 0.281 e. The summed E-state index contributed by atoms with van der Waals surface area (Å²) in [5.74, 6) is 0.440. The first-order chi connectivity index (χ1) is 13.5. The third-order valence-electron chi connectivity index (χ3n) is 4.26. The quantitative estimate of drug-likeness (QED) is 0.580. The molecule has 0 radical (unpaired) electrons. The molecular formula is C21H16FN3O2S. The molecule has 0 unspecified atom stereocenters. The zero-order valence-corrected chi connectivity index (χ0v) is 15.8. The van der Waals surface area contributed by atoms with Crippen LogP contribution < -0.4 is 20.9 Å². The van der Waals surface area contributed by atoms with Crippen LogP contribution in [-0.2, 0) is 0 Å². The summed E-state index contributed by atoms with van der Waals surface area (Å²) in [6.07, 6.45) is 1.77. The minimum Gasteiger partial charge on any atom is -0.497 e. The van der Waals surface area contributed by atoms with Gasteiger partial charge in [-0.1, -0.05) is 18.7 Å². The third-order valence-corrected chi connectivity index (χ3v) is 5.08. The smallest absolute Gasteiger partial charge is 0.281 e. The van der Waals surface area contributed by atoms with E-state index in [1.807, 2.05) is 29.6 Å². The van der Waals surface area contributed by atoms with Gasteiger partial charge >= 0.3 is 0 Å². The van der Waals surface area contributed by atoms with Crippen LogP contribution in [0.3, 0.4) is 0 Å². The molecule has 0 amide bonds. The summed E-state index contributed by atoms with van der Waals surface area (Å²) in [5.41, 5.74) is 2.08. The van der Waals surface area contributed by atoms with E-state index in [2.05, 4.69) is 16.7 Å². The minimum atomic E-state index is -0.305. The van der Waals surface area contributed by atoms with Crippen LogP contribution in [0.25, 0.3) is 29.0 Å². The van der Waals surface area contributed by atoms with Gasteiger partial charge in [0.1, 0.15) is 11.6 Å². The largest absolute Gasteiger partial charge is 0.497 e. The Kier molecular flexibility index (Phi) is 4.67. The molecule has 0 fully saturated rings. The fourth-order valence-electron chi connectivity index (χ4n) is 2.77. The lowest BCUT2D eigenvalue weighted by Gasteiger charge is -1.98. The van der Waals surface area contributed by atoms with Gasteiger partial charge in [-0.25, -0.2) is 9.37 Å². The maximum absolute atomic E-state index is 13.1. The van der Waals surface area contributed by atoms with Crippen LogP contribution in [0.5, 0.6) is 5.75 Å². The molecule has 28 heavy (non-hydrogen) atoms. The van der Waals surface area contributed by atoms with Crippen molar-refractivity contribution in [1.82, 2.24) is 14.8 Å². The molecule has 2 aromatic heterocycles. The predicted molar refractivity (Wildman–Crippen MR) is 109 cm³/mol. The van der Waals surface area contributed by atoms with Gasteiger partial charge in [0.2, 0.25) is 5.13 Å². The number of rotatable bonds is 4. The lowest BCUT2D eigenvalue weighted by molar-refractivity contribution is 0.415. The summed E-state index contributed by atoms with van der Waals surface area (Å²) in [7, 11) is 1.60. The second-order valence-electron chi connectivity index (χ2n) is 6.08. The molecule has 4 rings (SSSR count). The highest BCUT2D eigenvalue weighted by Gasteiger charge is 2.10. The van der Waals surface area contributed by atoms with Gasteiger partial charge in [0, 0.05) is 10.9 Å². The Morgan fingerprint density at radius 2 is 1.89 bits per heavy atom. The third kappa shape index (κ3) is 3.39. The van der Waals surface area contributed by atoms with E-state index < -0.39 is 0 Å². The molecule has 4 aromatic rings. The Bertz CT molecular complexity index is 1290. The molecule has 0 aliphatic heterocycles. The van der Waals surface area contributed by atoms with E-state index in [4.69, 9.17) is 4.74 Å². The molecule has 0 aliphatic rings. The van der Waals surface area contributed by atoms with Crippen LogP contribution in [0.15, 0.2) is 58.7 Å². The first-order valence-corrected chi connectivity index (χ1v) is 9.31. The lowest BCUT2D eigenvalue weighted by atomic mass is 10.2. The van der Waals surface area contributed by atoms with Gasteiger partial charge in [0.05, 0.1) is 23.4 Å².